The van der Waals surface area contributed by atoms with Gasteiger partial charge in [0, 0.05) is 38.9 Å². The summed E-state index contributed by atoms with van der Waals surface area (Å²) in [7, 11) is 0. The van der Waals surface area contributed by atoms with Crippen molar-refractivity contribution >= 4 is 44.9 Å². The molecule has 4 saturated carbocycles. The quantitative estimate of drug-likeness (QED) is 0.170. The summed E-state index contributed by atoms with van der Waals surface area (Å²) in [4.78, 5) is 2.44. The second-order valence-electron chi connectivity index (χ2n) is 18.1. The Hall–Kier alpha value is -6.12. The summed E-state index contributed by atoms with van der Waals surface area (Å²) in [5.74, 6) is 3.49. The van der Waals surface area contributed by atoms with Crippen molar-refractivity contribution in [2.24, 2.45) is 23.7 Å². The molecule has 7 aromatic carbocycles. The molecule has 0 radical (unpaired) electrons. The molecule has 0 saturated heterocycles. The van der Waals surface area contributed by atoms with Crippen molar-refractivity contribution in [1.82, 2.24) is 4.57 Å². The molecule has 8 aromatic rings. The minimum atomic E-state index is 0.212. The summed E-state index contributed by atoms with van der Waals surface area (Å²) in [6.07, 6.45) is 13.9. The van der Waals surface area contributed by atoms with Crippen molar-refractivity contribution in [1.29, 1.82) is 0 Å². The molecule has 14 rings (SSSR count). The van der Waals surface area contributed by atoms with E-state index in [1.54, 1.807) is 11.1 Å². The SMILES string of the molecule is C1=Cc2ccc(N(c3ccc(-c4ccc5c(c4)-c4ccccc4C54C5CC6CC(C5)CC4C6)cc3)c3ccc(-n4c5ccccc5c5ccccc54)cc3)cc2CC1. The van der Waals surface area contributed by atoms with Crippen LogP contribution in [-0.4, -0.2) is 4.57 Å². The van der Waals surface area contributed by atoms with Gasteiger partial charge in [0.05, 0.1) is 11.0 Å². The highest BCUT2D eigenvalue weighted by Crippen LogP contribution is 2.69. The summed E-state index contributed by atoms with van der Waals surface area (Å²) in [6, 6.07) is 60.0. The van der Waals surface area contributed by atoms with Gasteiger partial charge in [-0.2, -0.15) is 0 Å². The number of aryl methyl sites for hydroxylation is 1. The molecule has 6 aliphatic carbocycles. The minimum absolute atomic E-state index is 0.212. The summed E-state index contributed by atoms with van der Waals surface area (Å²) in [5.41, 5.74) is 18.9. The average Bonchev–Trinajstić information content (AvgIpc) is 3.76. The van der Waals surface area contributed by atoms with Crippen LogP contribution in [0.1, 0.15) is 60.8 Å². The highest BCUT2D eigenvalue weighted by atomic mass is 15.1. The topological polar surface area (TPSA) is 8.17 Å². The van der Waals surface area contributed by atoms with E-state index in [0.29, 0.717) is 0 Å². The average molecular weight is 747 g/mol. The molecule has 0 amide bonds. The fourth-order valence-electron chi connectivity index (χ4n) is 13.1. The number of aromatic nitrogens is 1. The van der Waals surface area contributed by atoms with Crippen LogP contribution in [0.15, 0.2) is 164 Å². The minimum Gasteiger partial charge on any atom is -0.310 e. The van der Waals surface area contributed by atoms with E-state index in [4.69, 9.17) is 0 Å². The number of para-hydroxylation sites is 2. The number of allylic oxidation sites excluding steroid dienone is 1. The van der Waals surface area contributed by atoms with Gasteiger partial charge >= 0.3 is 0 Å². The Morgan fingerprint density at radius 1 is 0.500 bits per heavy atom. The van der Waals surface area contributed by atoms with Gasteiger partial charge in [-0.3, -0.25) is 0 Å². The Morgan fingerprint density at radius 2 is 1.10 bits per heavy atom. The van der Waals surface area contributed by atoms with Crippen LogP contribution in [0, 0.1) is 23.7 Å². The fraction of sp³-hybridized carbons (Fsp3) is 0.214. The van der Waals surface area contributed by atoms with Crippen molar-refractivity contribution < 1.29 is 0 Å². The van der Waals surface area contributed by atoms with Crippen LogP contribution < -0.4 is 4.90 Å². The van der Waals surface area contributed by atoms with Gasteiger partial charge in [-0.1, -0.05) is 103 Å². The van der Waals surface area contributed by atoms with Gasteiger partial charge in [-0.25, -0.2) is 0 Å². The van der Waals surface area contributed by atoms with Crippen LogP contribution in [0.25, 0.3) is 55.8 Å². The molecule has 1 spiro atoms. The second-order valence-corrected chi connectivity index (χ2v) is 18.1. The van der Waals surface area contributed by atoms with Crippen molar-refractivity contribution in [2.45, 2.75) is 50.4 Å². The van der Waals surface area contributed by atoms with E-state index >= 15 is 0 Å². The molecule has 280 valence electrons. The molecule has 1 aromatic heterocycles. The van der Waals surface area contributed by atoms with E-state index in [0.717, 1.165) is 42.2 Å². The Kier molecular flexibility index (Phi) is 7.06. The maximum atomic E-state index is 2.55. The van der Waals surface area contributed by atoms with E-state index in [1.807, 2.05) is 0 Å². The van der Waals surface area contributed by atoms with Crippen LogP contribution in [-0.2, 0) is 11.8 Å². The molecule has 4 bridgehead atoms. The number of hydrogen-bond acceptors (Lipinski definition) is 1. The number of rotatable bonds is 5. The molecular weight excluding hydrogens is 701 g/mol. The molecule has 6 aliphatic rings. The van der Waals surface area contributed by atoms with Crippen LogP contribution in [0.5, 0.6) is 0 Å². The summed E-state index contributed by atoms with van der Waals surface area (Å²) in [5, 5.41) is 2.57. The number of nitrogens with zero attached hydrogens (tertiary/aromatic N) is 2. The molecule has 4 fully saturated rings. The third kappa shape index (κ3) is 4.66. The first kappa shape index (κ1) is 32.9. The standard InChI is InChI=1S/C56H46N2/c1-2-10-40-34-47(23-19-38(40)9-1)57(45-24-26-46(27-25-45)58-54-15-7-4-12-49(54)50-13-5-8-16-55(50)58)44-21-17-39(18-22-44)41-20-28-53-51(35-41)48-11-3-6-14-52(48)56(53)42-30-36-29-37(32-42)33-43(56)31-36/h1,3-9,11-28,34-37,42-43H,2,10,29-33H2. The zero-order valence-electron chi connectivity index (χ0n) is 32.8. The smallest absolute Gasteiger partial charge is 0.0541 e. The third-order valence-corrected chi connectivity index (χ3v) is 15.2. The molecule has 0 N–H and O–H groups in total. The normalized spacial score (nSPS) is 23.4. The van der Waals surface area contributed by atoms with Gasteiger partial charge in [0.25, 0.3) is 0 Å². The summed E-state index contributed by atoms with van der Waals surface area (Å²) in [6.45, 7) is 0. The molecular formula is C56H46N2. The first-order valence-corrected chi connectivity index (χ1v) is 21.7. The van der Waals surface area contributed by atoms with Gasteiger partial charge in [-0.15, -0.1) is 0 Å². The second kappa shape index (κ2) is 12.4. The van der Waals surface area contributed by atoms with Crippen LogP contribution >= 0.6 is 0 Å². The number of fused-ring (bicyclic) bond motifs is 7. The molecule has 0 atom stereocenters. The maximum absolute atomic E-state index is 2.55. The zero-order chi connectivity index (χ0) is 38.0. The monoisotopic (exact) mass is 746 g/mol. The molecule has 0 aliphatic heterocycles. The fourth-order valence-corrected chi connectivity index (χ4v) is 13.1. The lowest BCUT2D eigenvalue weighted by Crippen LogP contribution is -2.55. The first-order valence-electron chi connectivity index (χ1n) is 21.7. The number of hydrogen-bond donors (Lipinski definition) is 0. The van der Waals surface area contributed by atoms with Gasteiger partial charge in [0.2, 0.25) is 0 Å². The van der Waals surface area contributed by atoms with E-state index in [1.165, 1.54) is 104 Å². The first-order chi connectivity index (χ1) is 28.7. The van der Waals surface area contributed by atoms with E-state index in [2.05, 4.69) is 179 Å². The van der Waals surface area contributed by atoms with Crippen LogP contribution in [0.3, 0.4) is 0 Å². The lowest BCUT2D eigenvalue weighted by atomic mass is 9.43. The van der Waals surface area contributed by atoms with Crippen molar-refractivity contribution in [2.75, 3.05) is 4.90 Å². The lowest BCUT2D eigenvalue weighted by Gasteiger charge is -2.61. The molecule has 0 unspecified atom stereocenters. The number of anilines is 3. The lowest BCUT2D eigenvalue weighted by molar-refractivity contribution is -0.0399. The van der Waals surface area contributed by atoms with Gasteiger partial charge in [0.1, 0.15) is 0 Å². The highest BCUT2D eigenvalue weighted by molar-refractivity contribution is 6.09. The highest BCUT2D eigenvalue weighted by Gasteiger charge is 2.61. The Labute approximate surface area is 341 Å². The largest absolute Gasteiger partial charge is 0.310 e. The van der Waals surface area contributed by atoms with Gasteiger partial charge < -0.3 is 9.47 Å². The zero-order valence-corrected chi connectivity index (χ0v) is 32.8. The Balaban J connectivity index is 0.891. The predicted molar refractivity (Wildman–Crippen MR) is 242 cm³/mol. The predicted octanol–water partition coefficient (Wildman–Crippen LogP) is 14.6. The summed E-state index contributed by atoms with van der Waals surface area (Å²) >= 11 is 0. The third-order valence-electron chi connectivity index (χ3n) is 15.2. The summed E-state index contributed by atoms with van der Waals surface area (Å²) < 4.78 is 2.40. The van der Waals surface area contributed by atoms with Crippen LogP contribution in [0.2, 0.25) is 0 Å². The maximum Gasteiger partial charge on any atom is 0.0541 e. The number of benzene rings is 7. The van der Waals surface area contributed by atoms with Gasteiger partial charge in [0.15, 0.2) is 0 Å². The molecule has 2 nitrogen and oxygen atoms in total. The van der Waals surface area contributed by atoms with E-state index in [9.17, 15) is 0 Å². The van der Waals surface area contributed by atoms with Crippen molar-refractivity contribution in [3.63, 3.8) is 0 Å². The molecule has 58 heavy (non-hydrogen) atoms. The van der Waals surface area contributed by atoms with Gasteiger partial charge in [-0.05, 0) is 180 Å². The van der Waals surface area contributed by atoms with Crippen LogP contribution in [0.4, 0.5) is 17.1 Å². The van der Waals surface area contributed by atoms with Crippen molar-refractivity contribution in [3.8, 4) is 27.9 Å². The van der Waals surface area contributed by atoms with E-state index < -0.39 is 0 Å². The van der Waals surface area contributed by atoms with Crippen molar-refractivity contribution in [3.05, 3.63) is 186 Å². The molecule has 2 heteroatoms. The van der Waals surface area contributed by atoms with E-state index in [-0.39, 0.29) is 5.41 Å². The molecule has 1 heterocycles. The Bertz CT molecular complexity index is 2880. The Morgan fingerprint density at radius 3 is 1.83 bits per heavy atom.